The van der Waals surface area contributed by atoms with Gasteiger partial charge < -0.3 is 0 Å². The summed E-state index contributed by atoms with van der Waals surface area (Å²) in [6.07, 6.45) is 0. The molecule has 29 aromatic carbocycles. The van der Waals surface area contributed by atoms with Gasteiger partial charge in [-0.15, -0.1) is 0 Å². The largest absolute Gasteiger partial charge is 0.0638 e. The van der Waals surface area contributed by atoms with Gasteiger partial charge in [0.1, 0.15) is 0 Å². The van der Waals surface area contributed by atoms with Gasteiger partial charge in [-0.3, -0.25) is 0 Å². The second kappa shape index (κ2) is 6.12. The van der Waals surface area contributed by atoms with E-state index in [1.54, 1.807) is 302 Å². The van der Waals surface area contributed by atoms with Crippen LogP contribution in [0.4, 0.5) is 0 Å². The lowest BCUT2D eigenvalue weighted by Crippen LogP contribution is -2.40. The quantitative estimate of drug-likeness (QED) is 0.123. The second-order valence-electron chi connectivity index (χ2n) is 26.1. The van der Waals surface area contributed by atoms with E-state index < -0.39 is 9.52 Å². The molecule has 0 aromatic heterocycles. The highest BCUT2D eigenvalue weighted by Gasteiger charge is 2.62. The van der Waals surface area contributed by atoms with Crippen molar-refractivity contribution in [1.29, 1.82) is 0 Å². The summed E-state index contributed by atoms with van der Waals surface area (Å²) in [6, 6.07) is 8.64. The van der Waals surface area contributed by atoms with Gasteiger partial charge in [-0.1, -0.05) is 23.4 Å². The van der Waals surface area contributed by atoms with E-state index in [0.717, 1.165) is 0 Å². The molecule has 0 saturated carbocycles. The Kier molecular flexibility index (Phi) is 2.33. The summed E-state index contributed by atoms with van der Waals surface area (Å²) in [7, 11) is -0.747. The summed E-state index contributed by atoms with van der Waals surface area (Å²) in [5, 5.41) is 93.4. The number of benzene rings is 19. The van der Waals surface area contributed by atoms with Crippen molar-refractivity contribution in [3.05, 3.63) is 51.6 Å². The Morgan fingerprint density at radius 3 is 0.771 bits per heavy atom. The van der Waals surface area contributed by atoms with Gasteiger partial charge in [0.15, 0.2) is 0 Å². The molecule has 0 aliphatic heterocycles. The van der Waals surface area contributed by atoms with E-state index in [0.29, 0.717) is 5.92 Å². The van der Waals surface area contributed by atoms with Crippen LogP contribution in [0.5, 0.6) is 0 Å². The van der Waals surface area contributed by atoms with Crippen LogP contribution in [0.1, 0.15) is 39.3 Å². The van der Waals surface area contributed by atoms with Gasteiger partial charge >= 0.3 is 0 Å². The van der Waals surface area contributed by atoms with Crippen molar-refractivity contribution < 1.29 is 0 Å². The molecular weight excluding hydrogens is 857 g/mol. The lowest BCUT2D eigenvalue weighted by molar-refractivity contribution is 0.524. The first-order valence-electron chi connectivity index (χ1n) is 26.6. The van der Waals surface area contributed by atoms with E-state index in [4.69, 9.17) is 0 Å². The van der Waals surface area contributed by atoms with Crippen LogP contribution in [0.3, 0.4) is 0 Å². The van der Waals surface area contributed by atoms with Crippen LogP contribution in [0.2, 0.25) is 6.04 Å². The minimum Gasteiger partial charge on any atom is -0.0638 e. The van der Waals surface area contributed by atoms with E-state index >= 15 is 0 Å². The average molecular weight is 871 g/mol. The van der Waals surface area contributed by atoms with Crippen molar-refractivity contribution in [1.82, 2.24) is 0 Å². The molecule has 0 heterocycles. The molecule has 0 atom stereocenters. The first kappa shape index (κ1) is 26.6. The molecule has 1 heteroatoms. The molecule has 70 heavy (non-hydrogen) atoms. The molecule has 0 spiro atoms. The van der Waals surface area contributed by atoms with Crippen LogP contribution in [-0.4, -0.2) is 9.52 Å². The molecule has 0 bridgehead atoms. The third-order valence-electron chi connectivity index (χ3n) is 25.8. The molecular formula is C69H14Si. The van der Waals surface area contributed by atoms with Crippen LogP contribution in [0, 0.1) is 13.8 Å². The van der Waals surface area contributed by atoms with Gasteiger partial charge in [-0.2, -0.15) is 0 Å². The number of hydrogen-bond donors (Lipinski definition) is 0. The van der Waals surface area contributed by atoms with Gasteiger partial charge in [-0.25, -0.2) is 0 Å². The van der Waals surface area contributed by atoms with Crippen LogP contribution < -0.4 is 5.19 Å². The average Bonchev–Trinajstić information content (AvgIpc) is 4.31. The smallest absolute Gasteiger partial charge is 0.0563 e. The summed E-state index contributed by atoms with van der Waals surface area (Å²) in [5.41, 5.74) is 10.3. The van der Waals surface area contributed by atoms with E-state index in [9.17, 15) is 0 Å². The van der Waals surface area contributed by atoms with Crippen molar-refractivity contribution in [2.45, 2.75) is 31.2 Å². The zero-order valence-electron chi connectivity index (χ0n) is 36.7. The molecule has 0 amide bonds. The van der Waals surface area contributed by atoms with Gasteiger partial charge in [-0.05, 0) is 344 Å². The lowest BCUT2D eigenvalue weighted by Gasteiger charge is -2.45. The molecule has 294 valence electrons. The first-order valence-corrected chi connectivity index (χ1v) is 28.3. The molecule has 4 aliphatic rings. The van der Waals surface area contributed by atoms with Crippen molar-refractivity contribution >= 4 is 306 Å². The molecule has 29 aromatic rings. The molecule has 0 unspecified atom stereocenters. The topological polar surface area (TPSA) is 0 Å². The zero-order valence-corrected chi connectivity index (χ0v) is 38.1. The SMILES string of the molecule is Cc1cccc([SiH2]CC23c4c5c6c7c8c9c(c%10c%11c2c2c4c4c%12c5c5c6c6c8c8c%13c9c9c%10c%10c%11c%11c2c2c4c4c%12c%12c5c5c6c8c6c8c%13c9c9c%10c%10c%11c2c2c4c4c%12c5c6c5c8c9c%10c2c45)C73)c1C. The van der Waals surface area contributed by atoms with E-state index in [1.807, 2.05) is 22.3 Å². The summed E-state index contributed by atoms with van der Waals surface area (Å²) in [5.74, 6) is 0.357. The summed E-state index contributed by atoms with van der Waals surface area (Å²) >= 11 is 0. The number of rotatable bonds is 3. The molecule has 0 saturated heterocycles. The van der Waals surface area contributed by atoms with Gasteiger partial charge in [0.25, 0.3) is 0 Å². The Morgan fingerprint density at radius 1 is 0.286 bits per heavy atom. The highest BCUT2D eigenvalue weighted by atomic mass is 28.2. The van der Waals surface area contributed by atoms with Crippen molar-refractivity contribution in [3.8, 4) is 0 Å². The summed E-state index contributed by atoms with van der Waals surface area (Å²) in [6.45, 7) is 4.84. The van der Waals surface area contributed by atoms with E-state index in [1.165, 1.54) is 11.6 Å². The molecule has 0 nitrogen and oxygen atoms in total. The zero-order chi connectivity index (χ0) is 41.8. The maximum absolute atomic E-state index is 2.57. The fraction of sp³-hybridized carbons (Fsp3) is 0.0725. The van der Waals surface area contributed by atoms with Gasteiger partial charge in [0.05, 0.1) is 9.52 Å². The molecule has 0 radical (unpaired) electrons. The normalized spacial score (nSPS) is 20.9. The van der Waals surface area contributed by atoms with Gasteiger partial charge in [0.2, 0.25) is 0 Å². The Balaban J connectivity index is 1.14. The van der Waals surface area contributed by atoms with Crippen molar-refractivity contribution in [3.63, 3.8) is 0 Å². The molecule has 4 aliphatic carbocycles. The van der Waals surface area contributed by atoms with Gasteiger partial charge in [0, 0.05) is 11.3 Å². The Morgan fingerprint density at radius 2 is 0.500 bits per heavy atom. The van der Waals surface area contributed by atoms with Crippen LogP contribution in [0.15, 0.2) is 18.2 Å². The minimum atomic E-state index is -0.747. The second-order valence-corrected chi connectivity index (χ2v) is 27.9. The Bertz CT molecular complexity index is 7140. The van der Waals surface area contributed by atoms with E-state index in [-0.39, 0.29) is 5.41 Å². The van der Waals surface area contributed by atoms with E-state index in [2.05, 4.69) is 32.0 Å². The fourth-order valence-electron chi connectivity index (χ4n) is 25.2. The lowest BCUT2D eigenvalue weighted by atomic mass is 9.58. The highest BCUT2D eigenvalue weighted by Crippen LogP contribution is 2.84. The Labute approximate surface area is 386 Å². The summed E-state index contributed by atoms with van der Waals surface area (Å²) < 4.78 is 0. The van der Waals surface area contributed by atoms with Crippen LogP contribution in [0.25, 0.3) is 291 Å². The predicted molar refractivity (Wildman–Crippen MR) is 304 cm³/mol. The van der Waals surface area contributed by atoms with Crippen molar-refractivity contribution in [2.24, 2.45) is 0 Å². The first-order chi connectivity index (χ1) is 34.8. The highest BCUT2D eigenvalue weighted by molar-refractivity contribution is 6.82. The summed E-state index contributed by atoms with van der Waals surface area (Å²) in [4.78, 5) is 0. The monoisotopic (exact) mass is 870 g/mol. The van der Waals surface area contributed by atoms with Crippen LogP contribution in [-0.2, 0) is 5.41 Å². The Hall–Kier alpha value is -8.10. The number of hydrogen-bond acceptors (Lipinski definition) is 0. The minimum absolute atomic E-state index is 0.0895. The van der Waals surface area contributed by atoms with Crippen LogP contribution >= 0.6 is 0 Å². The molecule has 33 rings (SSSR count). The predicted octanol–water partition coefficient (Wildman–Crippen LogP) is 17.7. The molecule has 0 N–H and O–H groups in total. The standard InChI is InChI=1S/C69H14Si/c1-7-4-3-5-9(8(7)2)70-6-69-66-62-56-42-34-26-14-11-10-12-15(14)27-29-25-19(12)21-17-13(10)16-20-18(11)24-28(26)40(42)48-46-32(24)30(20)38-36-22(16)23(17)37-39-31(21)33(25)47-49-41(29)43(35(27)34)57(56)63(66)59(49)61-53(47)51(39)55-45(37)44(36)54-50(38)52(46)60(58(48)62)67(69)64(54)65(55)68(61)69/h3-5,66H,6,70H2,1-2H3. The number of aryl methyl sites for hydroxylation is 1. The fourth-order valence-corrected chi connectivity index (χ4v) is 27.6. The maximum atomic E-state index is 2.57. The molecule has 0 fully saturated rings. The maximum Gasteiger partial charge on any atom is 0.0563 e. The third-order valence-corrected chi connectivity index (χ3v) is 28.1. The third kappa shape index (κ3) is 1.45. The van der Waals surface area contributed by atoms with Crippen molar-refractivity contribution in [2.75, 3.05) is 0 Å².